The molecule has 27 heavy (non-hydrogen) atoms. The van der Waals surface area contributed by atoms with Crippen LogP contribution >= 0.6 is 15.9 Å². The van der Waals surface area contributed by atoms with E-state index in [4.69, 9.17) is 10.7 Å². The molecule has 0 unspecified atom stereocenters. The highest BCUT2D eigenvalue weighted by Crippen LogP contribution is 2.24. The van der Waals surface area contributed by atoms with Crippen LogP contribution < -0.4 is 11.3 Å². The number of H-pyrrole nitrogens is 1. The summed E-state index contributed by atoms with van der Waals surface area (Å²) in [5, 5.41) is 0. The number of aromatic amines is 1. The number of aryl methyl sites for hydroxylation is 1. The molecule has 2 heterocycles. The van der Waals surface area contributed by atoms with E-state index in [1.54, 1.807) is 0 Å². The molecule has 138 valence electrons. The molecule has 5 nitrogen and oxygen atoms in total. The zero-order chi connectivity index (χ0) is 19.0. The third kappa shape index (κ3) is 3.82. The second-order valence-corrected chi connectivity index (χ2v) is 7.87. The van der Waals surface area contributed by atoms with Gasteiger partial charge >= 0.3 is 0 Å². The van der Waals surface area contributed by atoms with Crippen LogP contribution in [-0.2, 0) is 19.5 Å². The van der Waals surface area contributed by atoms with E-state index in [-0.39, 0.29) is 5.56 Å². The van der Waals surface area contributed by atoms with Crippen LogP contribution in [0.15, 0.2) is 51.7 Å². The molecule has 0 spiro atoms. The summed E-state index contributed by atoms with van der Waals surface area (Å²) < 4.78 is 1.12. The van der Waals surface area contributed by atoms with E-state index in [1.165, 1.54) is 11.1 Å². The first-order chi connectivity index (χ1) is 13.0. The molecule has 3 N–H and O–H groups in total. The van der Waals surface area contributed by atoms with Gasteiger partial charge in [0.1, 0.15) is 5.82 Å². The molecule has 0 saturated carbocycles. The minimum atomic E-state index is -0.0389. The van der Waals surface area contributed by atoms with Gasteiger partial charge in [0.15, 0.2) is 0 Å². The van der Waals surface area contributed by atoms with Gasteiger partial charge < -0.3 is 10.7 Å². The normalized spacial score (nSPS) is 14.1. The predicted octanol–water partition coefficient (Wildman–Crippen LogP) is 3.65. The van der Waals surface area contributed by atoms with E-state index in [0.29, 0.717) is 24.5 Å². The van der Waals surface area contributed by atoms with E-state index in [1.807, 2.05) is 24.3 Å². The Morgan fingerprint density at radius 3 is 2.74 bits per heavy atom. The SMILES string of the molecule is Cc1ccc(CN2CCc3c(nc(-c4ccc(N)cc4)[nH]c3=O)C2)c(Br)c1. The van der Waals surface area contributed by atoms with E-state index in [9.17, 15) is 4.79 Å². The molecule has 0 radical (unpaired) electrons. The number of rotatable bonds is 3. The van der Waals surface area contributed by atoms with Crippen LogP contribution in [0, 0.1) is 6.92 Å². The van der Waals surface area contributed by atoms with Crippen LogP contribution in [-0.4, -0.2) is 21.4 Å². The van der Waals surface area contributed by atoms with Crippen molar-refractivity contribution in [2.24, 2.45) is 0 Å². The van der Waals surface area contributed by atoms with Crippen molar-refractivity contribution >= 4 is 21.6 Å². The number of nitrogen functional groups attached to an aromatic ring is 1. The number of nitrogens with two attached hydrogens (primary N) is 1. The number of fused-ring (bicyclic) bond motifs is 1. The van der Waals surface area contributed by atoms with Gasteiger partial charge in [0.25, 0.3) is 5.56 Å². The monoisotopic (exact) mass is 424 g/mol. The summed E-state index contributed by atoms with van der Waals surface area (Å²) in [6, 6.07) is 13.8. The number of hydrogen-bond acceptors (Lipinski definition) is 4. The van der Waals surface area contributed by atoms with E-state index in [0.717, 1.165) is 34.4 Å². The Hall–Kier alpha value is -2.44. The quantitative estimate of drug-likeness (QED) is 0.629. The van der Waals surface area contributed by atoms with Gasteiger partial charge in [-0.05, 0) is 54.8 Å². The highest BCUT2D eigenvalue weighted by Gasteiger charge is 2.22. The third-order valence-corrected chi connectivity index (χ3v) is 5.68. The zero-order valence-electron chi connectivity index (χ0n) is 15.1. The fourth-order valence-electron chi connectivity index (χ4n) is 3.43. The number of aromatic nitrogens is 2. The average molecular weight is 425 g/mol. The molecule has 0 amide bonds. The number of anilines is 1. The molecule has 0 aliphatic carbocycles. The Morgan fingerprint density at radius 1 is 1.22 bits per heavy atom. The fourth-order valence-corrected chi connectivity index (χ4v) is 4.05. The number of hydrogen-bond donors (Lipinski definition) is 2. The lowest BCUT2D eigenvalue weighted by Gasteiger charge is -2.28. The third-order valence-electron chi connectivity index (χ3n) is 4.94. The van der Waals surface area contributed by atoms with Gasteiger partial charge in [-0.2, -0.15) is 0 Å². The Balaban J connectivity index is 1.61. The maximum atomic E-state index is 12.5. The average Bonchev–Trinajstić information content (AvgIpc) is 2.64. The second kappa shape index (κ2) is 7.29. The summed E-state index contributed by atoms with van der Waals surface area (Å²) in [5.41, 5.74) is 11.4. The van der Waals surface area contributed by atoms with Crippen LogP contribution in [0.5, 0.6) is 0 Å². The molecule has 0 fully saturated rings. The van der Waals surface area contributed by atoms with Crippen molar-refractivity contribution < 1.29 is 0 Å². The molecule has 2 aromatic carbocycles. The van der Waals surface area contributed by atoms with Crippen molar-refractivity contribution in [2.75, 3.05) is 12.3 Å². The smallest absolute Gasteiger partial charge is 0.254 e. The lowest BCUT2D eigenvalue weighted by molar-refractivity contribution is 0.240. The summed E-state index contributed by atoms with van der Waals surface area (Å²) in [5.74, 6) is 0.595. The van der Waals surface area contributed by atoms with Crippen molar-refractivity contribution in [3.63, 3.8) is 0 Å². The summed E-state index contributed by atoms with van der Waals surface area (Å²) >= 11 is 3.66. The van der Waals surface area contributed by atoms with Crippen LogP contribution in [0.25, 0.3) is 11.4 Å². The first-order valence-corrected chi connectivity index (χ1v) is 9.74. The number of halogens is 1. The molecule has 6 heteroatoms. The first kappa shape index (κ1) is 17.9. The number of nitrogens with one attached hydrogen (secondary N) is 1. The van der Waals surface area contributed by atoms with Gasteiger partial charge in [0, 0.05) is 40.9 Å². The van der Waals surface area contributed by atoms with Crippen LogP contribution in [0.2, 0.25) is 0 Å². The van der Waals surface area contributed by atoms with E-state index < -0.39 is 0 Å². The Bertz CT molecular complexity index is 1040. The molecule has 1 aliphatic heterocycles. The molecular weight excluding hydrogens is 404 g/mol. The predicted molar refractivity (Wildman–Crippen MR) is 111 cm³/mol. The van der Waals surface area contributed by atoms with Crippen molar-refractivity contribution in [3.8, 4) is 11.4 Å². The number of benzene rings is 2. The summed E-state index contributed by atoms with van der Waals surface area (Å²) in [4.78, 5) is 22.5. The van der Waals surface area contributed by atoms with Gasteiger partial charge in [-0.3, -0.25) is 9.69 Å². The Kier molecular flexibility index (Phi) is 4.85. The van der Waals surface area contributed by atoms with Gasteiger partial charge in [0.2, 0.25) is 0 Å². The largest absolute Gasteiger partial charge is 0.399 e. The summed E-state index contributed by atoms with van der Waals surface area (Å²) in [7, 11) is 0. The molecule has 1 aliphatic rings. The topological polar surface area (TPSA) is 75.0 Å². The van der Waals surface area contributed by atoms with Gasteiger partial charge in [-0.1, -0.05) is 28.1 Å². The van der Waals surface area contributed by atoms with Crippen LogP contribution in [0.4, 0.5) is 5.69 Å². The minimum absolute atomic E-state index is 0.0389. The standard InChI is InChI=1S/C21H21BrN4O/c1-13-2-3-15(18(22)10-13)11-26-9-8-17-19(12-26)24-20(25-21(17)27)14-4-6-16(23)7-5-14/h2-7,10H,8-9,11-12,23H2,1H3,(H,24,25,27). The second-order valence-electron chi connectivity index (χ2n) is 7.02. The van der Waals surface area contributed by atoms with Crippen LogP contribution in [0.1, 0.15) is 22.4 Å². The first-order valence-electron chi connectivity index (χ1n) is 8.95. The van der Waals surface area contributed by atoms with Crippen molar-refractivity contribution in [1.29, 1.82) is 0 Å². The molecule has 0 saturated heterocycles. The molecule has 0 bridgehead atoms. The summed E-state index contributed by atoms with van der Waals surface area (Å²) in [6.07, 6.45) is 0.711. The van der Waals surface area contributed by atoms with Crippen LogP contribution in [0.3, 0.4) is 0 Å². The lowest BCUT2D eigenvalue weighted by atomic mass is 10.0. The fraction of sp³-hybridized carbons (Fsp3) is 0.238. The molecule has 1 aromatic heterocycles. The van der Waals surface area contributed by atoms with Gasteiger partial charge in [-0.25, -0.2) is 4.98 Å². The van der Waals surface area contributed by atoms with Crippen molar-refractivity contribution in [3.05, 3.63) is 79.7 Å². The molecule has 4 rings (SSSR count). The number of nitrogens with zero attached hydrogens (tertiary/aromatic N) is 2. The highest BCUT2D eigenvalue weighted by atomic mass is 79.9. The van der Waals surface area contributed by atoms with E-state index in [2.05, 4.69) is 50.9 Å². The molecule has 3 aromatic rings. The Labute approximate surface area is 166 Å². The Morgan fingerprint density at radius 2 is 2.00 bits per heavy atom. The van der Waals surface area contributed by atoms with E-state index >= 15 is 0 Å². The maximum absolute atomic E-state index is 12.5. The lowest BCUT2D eigenvalue weighted by Crippen LogP contribution is -2.35. The van der Waals surface area contributed by atoms with Crippen molar-refractivity contribution in [1.82, 2.24) is 14.9 Å². The molecular formula is C21H21BrN4O. The maximum Gasteiger partial charge on any atom is 0.254 e. The van der Waals surface area contributed by atoms with Gasteiger partial charge in [0.05, 0.1) is 5.69 Å². The van der Waals surface area contributed by atoms with Crippen molar-refractivity contribution in [2.45, 2.75) is 26.4 Å². The minimum Gasteiger partial charge on any atom is -0.399 e. The zero-order valence-corrected chi connectivity index (χ0v) is 16.7. The highest BCUT2D eigenvalue weighted by molar-refractivity contribution is 9.10. The summed E-state index contributed by atoms with van der Waals surface area (Å²) in [6.45, 7) is 4.42. The van der Waals surface area contributed by atoms with Gasteiger partial charge in [-0.15, -0.1) is 0 Å². The molecule has 0 atom stereocenters.